The fourth-order valence-corrected chi connectivity index (χ4v) is 1.87. The Bertz CT molecular complexity index is 660. The van der Waals surface area contributed by atoms with Crippen LogP contribution in [0.3, 0.4) is 0 Å². The maximum Gasteiger partial charge on any atom is 0.191 e. The predicted molar refractivity (Wildman–Crippen MR) is 72.4 cm³/mol. The van der Waals surface area contributed by atoms with Gasteiger partial charge in [-0.15, -0.1) is 0 Å². The molecule has 1 heterocycles. The van der Waals surface area contributed by atoms with Gasteiger partial charge in [-0.2, -0.15) is 5.26 Å². The molecule has 0 spiro atoms. The number of ether oxygens (including phenoxy) is 1. The third kappa shape index (κ3) is 3.52. The van der Waals surface area contributed by atoms with Gasteiger partial charge in [0.2, 0.25) is 0 Å². The Kier molecular flexibility index (Phi) is 4.80. The number of pyridine rings is 1. The monoisotopic (exact) mass is 289 g/mol. The van der Waals surface area contributed by atoms with Crippen LogP contribution < -0.4 is 10.5 Å². The third-order valence-corrected chi connectivity index (χ3v) is 2.86. The van der Waals surface area contributed by atoms with E-state index >= 15 is 0 Å². The van der Waals surface area contributed by atoms with Crippen molar-refractivity contribution in [3.63, 3.8) is 0 Å². The van der Waals surface area contributed by atoms with Gasteiger partial charge in [-0.1, -0.05) is 6.07 Å². The first kappa shape index (κ1) is 14.9. The molecule has 0 saturated heterocycles. The Morgan fingerprint density at radius 3 is 2.62 bits per heavy atom. The number of nitrogens with zero attached hydrogens (tertiary/aromatic N) is 2. The van der Waals surface area contributed by atoms with Crippen molar-refractivity contribution >= 4 is 0 Å². The second kappa shape index (κ2) is 6.77. The van der Waals surface area contributed by atoms with Crippen molar-refractivity contribution in [1.82, 2.24) is 4.98 Å². The van der Waals surface area contributed by atoms with Crippen LogP contribution in [0.2, 0.25) is 0 Å². The van der Waals surface area contributed by atoms with Gasteiger partial charge in [-0.3, -0.25) is 0 Å². The Labute approximate surface area is 120 Å². The van der Waals surface area contributed by atoms with Crippen molar-refractivity contribution in [2.75, 3.05) is 6.54 Å². The van der Waals surface area contributed by atoms with E-state index in [1.54, 1.807) is 12.1 Å². The number of nitriles is 1. The first-order valence-corrected chi connectivity index (χ1v) is 6.30. The molecule has 2 N–H and O–H groups in total. The first-order chi connectivity index (χ1) is 10.2. The van der Waals surface area contributed by atoms with E-state index in [0.717, 1.165) is 0 Å². The van der Waals surface area contributed by atoms with Crippen LogP contribution >= 0.6 is 0 Å². The molecule has 0 aliphatic heterocycles. The molecule has 4 nitrogen and oxygen atoms in total. The predicted octanol–water partition coefficient (Wildman–Crippen LogP) is 2.31. The van der Waals surface area contributed by atoms with Gasteiger partial charge in [0.15, 0.2) is 17.4 Å². The molecule has 6 heteroatoms. The van der Waals surface area contributed by atoms with Crippen molar-refractivity contribution in [2.45, 2.75) is 13.0 Å². The van der Waals surface area contributed by atoms with E-state index in [1.807, 2.05) is 6.07 Å². The normalized spacial score (nSPS) is 10.2. The summed E-state index contributed by atoms with van der Waals surface area (Å²) in [6.07, 6.45) is 1.85. The average Bonchev–Trinajstić information content (AvgIpc) is 2.47. The summed E-state index contributed by atoms with van der Waals surface area (Å²) in [5.74, 6) is -2.05. The molecule has 0 atom stereocenters. The lowest BCUT2D eigenvalue weighted by Crippen LogP contribution is -2.06. The van der Waals surface area contributed by atoms with Crippen molar-refractivity contribution in [3.05, 3.63) is 58.9 Å². The van der Waals surface area contributed by atoms with Crippen LogP contribution in [0.4, 0.5) is 8.78 Å². The van der Waals surface area contributed by atoms with Gasteiger partial charge in [0.05, 0.1) is 0 Å². The molecule has 0 radical (unpaired) electrons. The summed E-state index contributed by atoms with van der Waals surface area (Å²) in [6.45, 7) is 0.168. The van der Waals surface area contributed by atoms with Crippen LogP contribution in [-0.4, -0.2) is 11.5 Å². The molecule has 0 saturated carbocycles. The van der Waals surface area contributed by atoms with Gasteiger partial charge in [-0.05, 0) is 36.7 Å². The fraction of sp³-hybridized carbons (Fsp3) is 0.200. The first-order valence-electron chi connectivity index (χ1n) is 6.30. The summed E-state index contributed by atoms with van der Waals surface area (Å²) >= 11 is 0. The zero-order valence-electron chi connectivity index (χ0n) is 11.1. The standard InChI is InChI=1S/C15H13F2N3O/c16-12-6-10(3-4-18)7-13(17)15(12)21-9-11-2-1-5-20-14(11)8-19/h1-2,5-7H,3-4,9,18H2. The van der Waals surface area contributed by atoms with E-state index in [1.165, 1.54) is 18.3 Å². The van der Waals surface area contributed by atoms with Gasteiger partial charge < -0.3 is 10.5 Å². The smallest absolute Gasteiger partial charge is 0.191 e. The highest BCUT2D eigenvalue weighted by Crippen LogP contribution is 2.24. The van der Waals surface area contributed by atoms with Crippen molar-refractivity contribution < 1.29 is 13.5 Å². The minimum absolute atomic E-state index is 0.138. The number of halogens is 2. The van der Waals surface area contributed by atoms with Crippen molar-refractivity contribution in [2.24, 2.45) is 5.73 Å². The minimum atomic E-state index is -0.791. The second-order valence-corrected chi connectivity index (χ2v) is 4.34. The molecule has 21 heavy (non-hydrogen) atoms. The molecule has 0 amide bonds. The number of hydrogen-bond donors (Lipinski definition) is 1. The highest BCUT2D eigenvalue weighted by Gasteiger charge is 2.13. The van der Waals surface area contributed by atoms with Gasteiger partial charge in [0, 0.05) is 11.8 Å². The van der Waals surface area contributed by atoms with E-state index in [9.17, 15) is 8.78 Å². The summed E-state index contributed by atoms with van der Waals surface area (Å²) in [7, 11) is 0. The molecule has 0 aliphatic rings. The van der Waals surface area contributed by atoms with Crippen molar-refractivity contribution in [1.29, 1.82) is 5.26 Å². The minimum Gasteiger partial charge on any atom is -0.483 e. The van der Waals surface area contributed by atoms with Gasteiger partial charge in [0.1, 0.15) is 18.4 Å². The van der Waals surface area contributed by atoms with Gasteiger partial charge in [0.25, 0.3) is 0 Å². The summed E-state index contributed by atoms with van der Waals surface area (Å²) in [6, 6.07) is 7.52. The molecule has 2 rings (SSSR count). The van der Waals surface area contributed by atoms with Crippen LogP contribution in [0.25, 0.3) is 0 Å². The molecular formula is C15H13F2N3O. The van der Waals surface area contributed by atoms with E-state index in [2.05, 4.69) is 4.98 Å². The van der Waals surface area contributed by atoms with E-state index in [-0.39, 0.29) is 12.3 Å². The zero-order chi connectivity index (χ0) is 15.2. The third-order valence-electron chi connectivity index (χ3n) is 2.86. The number of benzene rings is 1. The molecule has 0 unspecified atom stereocenters. The summed E-state index contributed by atoms with van der Waals surface area (Å²) in [5.41, 5.74) is 6.45. The maximum atomic E-state index is 13.8. The molecule has 0 aliphatic carbocycles. The topological polar surface area (TPSA) is 71.9 Å². The second-order valence-electron chi connectivity index (χ2n) is 4.34. The van der Waals surface area contributed by atoms with E-state index < -0.39 is 17.4 Å². The van der Waals surface area contributed by atoms with Crippen LogP contribution in [0.1, 0.15) is 16.8 Å². The molecule has 0 fully saturated rings. The maximum absolute atomic E-state index is 13.8. The van der Waals surface area contributed by atoms with Crippen molar-refractivity contribution in [3.8, 4) is 11.8 Å². The molecule has 108 valence electrons. The lowest BCUT2D eigenvalue weighted by atomic mass is 10.1. The van der Waals surface area contributed by atoms with Crippen LogP contribution in [0.15, 0.2) is 30.5 Å². The largest absolute Gasteiger partial charge is 0.483 e. The summed E-state index contributed by atoms with van der Waals surface area (Å²) < 4.78 is 32.8. The Balaban J connectivity index is 2.19. The van der Waals surface area contributed by atoms with Gasteiger partial charge in [-0.25, -0.2) is 13.8 Å². The Hall–Kier alpha value is -2.52. The highest BCUT2D eigenvalue weighted by atomic mass is 19.1. The number of hydrogen-bond acceptors (Lipinski definition) is 4. The summed E-state index contributed by atoms with van der Waals surface area (Å²) in [5, 5.41) is 8.89. The Morgan fingerprint density at radius 2 is 2.00 bits per heavy atom. The molecule has 2 aromatic rings. The highest BCUT2D eigenvalue weighted by molar-refractivity contribution is 5.33. The van der Waals surface area contributed by atoms with Crippen LogP contribution in [0, 0.1) is 23.0 Å². The lowest BCUT2D eigenvalue weighted by Gasteiger charge is -2.10. The quantitative estimate of drug-likeness (QED) is 0.916. The molecule has 0 bridgehead atoms. The van der Waals surface area contributed by atoms with E-state index in [0.29, 0.717) is 24.1 Å². The Morgan fingerprint density at radius 1 is 1.29 bits per heavy atom. The number of rotatable bonds is 5. The molecular weight excluding hydrogens is 276 g/mol. The fourth-order valence-electron chi connectivity index (χ4n) is 1.87. The van der Waals surface area contributed by atoms with Crippen LogP contribution in [0.5, 0.6) is 5.75 Å². The van der Waals surface area contributed by atoms with E-state index in [4.69, 9.17) is 15.7 Å². The molecule has 1 aromatic heterocycles. The summed E-state index contributed by atoms with van der Waals surface area (Å²) in [4.78, 5) is 3.85. The average molecular weight is 289 g/mol. The SMILES string of the molecule is N#Cc1ncccc1COc1c(F)cc(CCN)cc1F. The number of aromatic nitrogens is 1. The lowest BCUT2D eigenvalue weighted by molar-refractivity contribution is 0.273. The molecule has 1 aromatic carbocycles. The number of nitrogens with two attached hydrogens (primary N) is 1. The zero-order valence-corrected chi connectivity index (χ0v) is 11.1. The van der Waals surface area contributed by atoms with Crippen LogP contribution in [-0.2, 0) is 13.0 Å². The van der Waals surface area contributed by atoms with Gasteiger partial charge >= 0.3 is 0 Å².